The van der Waals surface area contributed by atoms with E-state index in [2.05, 4.69) is 4.72 Å². The molecule has 0 spiro atoms. The minimum absolute atomic E-state index is 0.0229. The predicted octanol–water partition coefficient (Wildman–Crippen LogP) is 5.29. The van der Waals surface area contributed by atoms with Crippen molar-refractivity contribution in [2.75, 3.05) is 18.1 Å². The molecule has 5 rings (SSSR count). The zero-order valence-electron chi connectivity index (χ0n) is 23.3. The van der Waals surface area contributed by atoms with E-state index in [1.165, 1.54) is 0 Å². The monoisotopic (exact) mass is 572 g/mol. The predicted molar refractivity (Wildman–Crippen MR) is 159 cm³/mol. The summed E-state index contributed by atoms with van der Waals surface area (Å²) < 4.78 is 39.6. The molecule has 1 aliphatic heterocycles. The fourth-order valence-corrected chi connectivity index (χ4v) is 6.32. The number of fused-ring (bicyclic) bond motifs is 2. The van der Waals surface area contributed by atoms with Gasteiger partial charge in [-0.1, -0.05) is 60.7 Å². The Morgan fingerprint density at radius 3 is 2.15 bits per heavy atom. The van der Waals surface area contributed by atoms with Crippen LogP contribution in [0.2, 0.25) is 0 Å². The van der Waals surface area contributed by atoms with Crippen molar-refractivity contribution in [3.63, 3.8) is 0 Å². The Morgan fingerprint density at radius 1 is 0.878 bits per heavy atom. The molecule has 4 aromatic rings. The number of ether oxygens (including phenoxy) is 2. The summed E-state index contributed by atoms with van der Waals surface area (Å²) >= 11 is 0. The van der Waals surface area contributed by atoms with Gasteiger partial charge in [0.25, 0.3) is 5.91 Å². The molecule has 9 heteroatoms. The highest BCUT2D eigenvalue weighted by molar-refractivity contribution is 7.89. The Balaban J connectivity index is 1.36. The number of rotatable bonds is 10. The van der Waals surface area contributed by atoms with Gasteiger partial charge in [0, 0.05) is 22.0 Å². The first-order chi connectivity index (χ1) is 19.7. The van der Waals surface area contributed by atoms with Crippen molar-refractivity contribution in [2.45, 2.75) is 39.5 Å². The van der Waals surface area contributed by atoms with Crippen LogP contribution in [0.3, 0.4) is 0 Å². The number of nitrogens with zero attached hydrogens (tertiary/aromatic N) is 1. The molecule has 0 unspecified atom stereocenters. The minimum Gasteiger partial charge on any atom is -0.493 e. The van der Waals surface area contributed by atoms with Gasteiger partial charge in [-0.15, -0.1) is 0 Å². The van der Waals surface area contributed by atoms with Crippen LogP contribution in [-0.4, -0.2) is 33.4 Å². The molecular formula is C32H32N2O6S. The van der Waals surface area contributed by atoms with Crippen molar-refractivity contribution in [3.8, 4) is 11.5 Å². The maximum absolute atomic E-state index is 13.7. The average molecular weight is 573 g/mol. The van der Waals surface area contributed by atoms with Crippen LogP contribution in [0.5, 0.6) is 11.5 Å². The van der Waals surface area contributed by atoms with Crippen molar-refractivity contribution in [3.05, 3.63) is 101 Å². The summed E-state index contributed by atoms with van der Waals surface area (Å²) in [5.41, 5.74) is 4.05. The highest BCUT2D eigenvalue weighted by atomic mass is 32.2. The lowest BCUT2D eigenvalue weighted by Gasteiger charge is -2.16. The molecule has 0 aromatic heterocycles. The van der Waals surface area contributed by atoms with Gasteiger partial charge in [-0.3, -0.25) is 14.3 Å². The number of hydrogen-bond acceptors (Lipinski definition) is 6. The highest BCUT2D eigenvalue weighted by Gasteiger charge is 2.36. The van der Waals surface area contributed by atoms with Crippen LogP contribution < -0.4 is 19.1 Å². The standard InChI is InChI=1S/C32H32N2O6S/c1-4-39-30-25-12-8-9-13-26(25)31(40-5-2)29-27(30)19-34(32(29)36)24-16-14-22(15-17-24)20-41(37,38)33-28(35)18-23-11-7-6-10-21(23)3/h6-17H,4-5,18-20H2,1-3H3,(H,33,35). The molecule has 8 nitrogen and oxygen atoms in total. The normalized spacial score (nSPS) is 12.9. The molecular weight excluding hydrogens is 540 g/mol. The first kappa shape index (κ1) is 28.2. The lowest BCUT2D eigenvalue weighted by atomic mass is 9.99. The van der Waals surface area contributed by atoms with E-state index in [0.29, 0.717) is 48.1 Å². The first-order valence-electron chi connectivity index (χ1n) is 13.5. The van der Waals surface area contributed by atoms with Crippen LogP contribution in [0.25, 0.3) is 10.8 Å². The molecule has 0 bridgehead atoms. The Bertz CT molecular complexity index is 1730. The third-order valence-corrected chi connectivity index (χ3v) is 8.31. The van der Waals surface area contributed by atoms with Gasteiger partial charge in [0.15, 0.2) is 0 Å². The number of benzene rings is 4. The van der Waals surface area contributed by atoms with Crippen LogP contribution in [0.15, 0.2) is 72.8 Å². The van der Waals surface area contributed by atoms with Crippen molar-refractivity contribution < 1.29 is 27.5 Å². The second-order valence-corrected chi connectivity index (χ2v) is 11.6. The summed E-state index contributed by atoms with van der Waals surface area (Å²) in [6, 6.07) is 21.8. The van der Waals surface area contributed by atoms with E-state index in [-0.39, 0.29) is 18.1 Å². The van der Waals surface area contributed by atoms with Gasteiger partial charge in [-0.25, -0.2) is 8.42 Å². The second kappa shape index (κ2) is 11.6. The summed E-state index contributed by atoms with van der Waals surface area (Å²) in [4.78, 5) is 27.8. The molecule has 0 radical (unpaired) electrons. The molecule has 1 aliphatic rings. The third kappa shape index (κ3) is 5.76. The Morgan fingerprint density at radius 2 is 1.49 bits per heavy atom. The molecule has 41 heavy (non-hydrogen) atoms. The van der Waals surface area contributed by atoms with E-state index in [9.17, 15) is 18.0 Å². The quantitative estimate of drug-likeness (QED) is 0.277. The van der Waals surface area contributed by atoms with E-state index >= 15 is 0 Å². The van der Waals surface area contributed by atoms with Gasteiger partial charge < -0.3 is 14.4 Å². The summed E-state index contributed by atoms with van der Waals surface area (Å²) in [5, 5.41) is 1.70. The number of amides is 2. The molecule has 0 saturated carbocycles. The Labute approximate surface area is 239 Å². The molecule has 0 atom stereocenters. The number of anilines is 1. The van der Waals surface area contributed by atoms with Crippen LogP contribution in [0.4, 0.5) is 5.69 Å². The van der Waals surface area contributed by atoms with Crippen molar-refractivity contribution in [1.82, 2.24) is 4.72 Å². The number of carbonyl (C=O) groups excluding carboxylic acids is 2. The zero-order chi connectivity index (χ0) is 29.1. The lowest BCUT2D eigenvalue weighted by Crippen LogP contribution is -2.33. The number of nitrogens with one attached hydrogen (secondary N) is 1. The van der Waals surface area contributed by atoms with Crippen molar-refractivity contribution in [2.24, 2.45) is 0 Å². The molecule has 212 valence electrons. The molecule has 0 aliphatic carbocycles. The second-order valence-electron chi connectivity index (χ2n) is 9.87. The van der Waals surface area contributed by atoms with E-state index in [0.717, 1.165) is 27.5 Å². The minimum atomic E-state index is -3.91. The highest BCUT2D eigenvalue weighted by Crippen LogP contribution is 2.46. The molecule has 0 fully saturated rings. The van der Waals surface area contributed by atoms with Gasteiger partial charge in [0.1, 0.15) is 11.5 Å². The van der Waals surface area contributed by atoms with E-state index in [1.807, 2.05) is 63.2 Å². The van der Waals surface area contributed by atoms with E-state index in [4.69, 9.17) is 9.47 Å². The van der Waals surface area contributed by atoms with Gasteiger partial charge in [-0.2, -0.15) is 0 Å². The summed E-state index contributed by atoms with van der Waals surface area (Å²) in [6.45, 7) is 6.81. The van der Waals surface area contributed by atoms with Gasteiger partial charge in [0.05, 0.1) is 37.5 Å². The molecule has 0 saturated heterocycles. The number of sulfonamides is 1. The molecule has 1 heterocycles. The van der Waals surface area contributed by atoms with Crippen LogP contribution in [0.1, 0.15) is 46.5 Å². The summed E-state index contributed by atoms with van der Waals surface area (Å²) in [7, 11) is -3.91. The molecule has 4 aromatic carbocycles. The Hall–Kier alpha value is -4.37. The summed E-state index contributed by atoms with van der Waals surface area (Å²) in [6.07, 6.45) is -0.0229. The van der Waals surface area contributed by atoms with E-state index in [1.54, 1.807) is 35.2 Å². The zero-order valence-corrected chi connectivity index (χ0v) is 24.1. The fourth-order valence-electron chi connectivity index (χ4n) is 5.20. The lowest BCUT2D eigenvalue weighted by molar-refractivity contribution is -0.118. The summed E-state index contributed by atoms with van der Waals surface area (Å²) in [5.74, 6) is 0.0488. The number of carbonyl (C=O) groups is 2. The largest absolute Gasteiger partial charge is 0.493 e. The molecule has 1 N–H and O–H groups in total. The maximum atomic E-state index is 13.7. The van der Waals surface area contributed by atoms with Gasteiger partial charge in [-0.05, 0) is 49.6 Å². The maximum Gasteiger partial charge on any atom is 0.262 e. The Kier molecular flexibility index (Phi) is 7.99. The SMILES string of the molecule is CCOc1c2c(c(OCC)c3ccccc13)C(=O)N(c1ccc(CS(=O)(=O)NC(=O)Cc3ccccc3C)cc1)C2. The topological polar surface area (TPSA) is 102 Å². The van der Waals surface area contributed by atoms with Gasteiger partial charge in [0.2, 0.25) is 15.9 Å². The average Bonchev–Trinajstić information content (AvgIpc) is 3.28. The first-order valence-corrected chi connectivity index (χ1v) is 15.2. The van der Waals surface area contributed by atoms with Gasteiger partial charge >= 0.3 is 0 Å². The van der Waals surface area contributed by atoms with Crippen LogP contribution in [0, 0.1) is 6.92 Å². The number of aryl methyl sites for hydroxylation is 1. The number of hydrogen-bond donors (Lipinski definition) is 1. The smallest absolute Gasteiger partial charge is 0.262 e. The fraction of sp³-hybridized carbons (Fsp3) is 0.250. The van der Waals surface area contributed by atoms with Crippen molar-refractivity contribution in [1.29, 1.82) is 0 Å². The van der Waals surface area contributed by atoms with Crippen LogP contribution >= 0.6 is 0 Å². The van der Waals surface area contributed by atoms with Crippen molar-refractivity contribution >= 4 is 38.3 Å². The molecule has 2 amide bonds. The third-order valence-electron chi connectivity index (χ3n) is 7.06. The van der Waals surface area contributed by atoms with Crippen LogP contribution in [-0.2, 0) is 33.5 Å². The van der Waals surface area contributed by atoms with E-state index < -0.39 is 15.9 Å².